The molecule has 0 bridgehead atoms. The minimum atomic E-state index is -0.306. The maximum Gasteiger partial charge on any atom is 0.241 e. The summed E-state index contributed by atoms with van der Waals surface area (Å²) in [5.41, 5.74) is 0.908. The van der Waals surface area contributed by atoms with E-state index in [9.17, 15) is 4.79 Å². The number of nitrogens with zero attached hydrogens (tertiary/aromatic N) is 2. The lowest BCUT2D eigenvalue weighted by molar-refractivity contribution is -0.129. The van der Waals surface area contributed by atoms with Gasteiger partial charge < -0.3 is 10.2 Å². The molecule has 124 valence electrons. The molecule has 0 unspecified atom stereocenters. The van der Waals surface area contributed by atoms with Gasteiger partial charge >= 0.3 is 0 Å². The highest BCUT2D eigenvalue weighted by atomic mass is 35.5. The van der Waals surface area contributed by atoms with E-state index in [1.54, 1.807) is 0 Å². The van der Waals surface area contributed by atoms with E-state index in [0.717, 1.165) is 43.4 Å². The Balaban J connectivity index is 1.44. The Kier molecular flexibility index (Phi) is 4.08. The highest BCUT2D eigenvalue weighted by Crippen LogP contribution is 2.36. The van der Waals surface area contributed by atoms with E-state index in [1.807, 2.05) is 12.1 Å². The summed E-state index contributed by atoms with van der Waals surface area (Å²) in [6.07, 6.45) is 4.67. The molecular formula is C18H24ClN3O. The molecule has 0 radical (unpaired) electrons. The molecule has 4 rings (SSSR count). The molecule has 1 saturated carbocycles. The van der Waals surface area contributed by atoms with Crippen molar-refractivity contribution in [2.45, 2.75) is 37.8 Å². The molecule has 0 atom stereocenters. The first kappa shape index (κ1) is 15.4. The van der Waals surface area contributed by atoms with E-state index < -0.39 is 0 Å². The molecule has 1 aromatic rings. The molecule has 3 aliphatic rings. The van der Waals surface area contributed by atoms with Gasteiger partial charge in [0.15, 0.2) is 0 Å². The zero-order valence-corrected chi connectivity index (χ0v) is 14.2. The number of piperidine rings is 1. The van der Waals surface area contributed by atoms with Crippen LogP contribution in [0.15, 0.2) is 24.3 Å². The summed E-state index contributed by atoms with van der Waals surface area (Å²) >= 11 is 5.97. The van der Waals surface area contributed by atoms with Gasteiger partial charge in [0.1, 0.15) is 5.54 Å². The van der Waals surface area contributed by atoms with Crippen molar-refractivity contribution in [3.63, 3.8) is 0 Å². The van der Waals surface area contributed by atoms with Gasteiger partial charge in [-0.3, -0.25) is 9.69 Å². The van der Waals surface area contributed by atoms with Crippen molar-refractivity contribution in [2.24, 2.45) is 5.92 Å². The van der Waals surface area contributed by atoms with Gasteiger partial charge in [0, 0.05) is 31.2 Å². The predicted octanol–water partition coefficient (Wildman–Crippen LogP) is 2.47. The first-order valence-electron chi connectivity index (χ1n) is 8.66. The van der Waals surface area contributed by atoms with Gasteiger partial charge in [-0.1, -0.05) is 23.7 Å². The summed E-state index contributed by atoms with van der Waals surface area (Å²) in [6, 6.07) is 7.96. The van der Waals surface area contributed by atoms with Crippen LogP contribution in [0, 0.1) is 5.92 Å². The smallest absolute Gasteiger partial charge is 0.241 e. The summed E-state index contributed by atoms with van der Waals surface area (Å²) in [5.74, 6) is 1.14. The second kappa shape index (κ2) is 6.08. The second-order valence-electron chi connectivity index (χ2n) is 7.26. The highest BCUT2D eigenvalue weighted by Gasteiger charge is 2.50. The van der Waals surface area contributed by atoms with Crippen molar-refractivity contribution < 1.29 is 4.79 Å². The van der Waals surface area contributed by atoms with E-state index in [-0.39, 0.29) is 11.4 Å². The monoisotopic (exact) mass is 333 g/mol. The zero-order valence-electron chi connectivity index (χ0n) is 13.4. The van der Waals surface area contributed by atoms with Gasteiger partial charge in [0.25, 0.3) is 0 Å². The molecule has 1 N–H and O–H groups in total. The number of amides is 1. The Morgan fingerprint density at radius 3 is 2.52 bits per heavy atom. The lowest BCUT2D eigenvalue weighted by atomic mass is 9.85. The van der Waals surface area contributed by atoms with Crippen LogP contribution in [-0.4, -0.2) is 47.5 Å². The minimum Gasteiger partial charge on any atom is -0.342 e. The van der Waals surface area contributed by atoms with Crippen LogP contribution < -0.4 is 5.32 Å². The lowest BCUT2D eigenvalue weighted by Gasteiger charge is -2.42. The summed E-state index contributed by atoms with van der Waals surface area (Å²) in [6.45, 7) is 4.78. The van der Waals surface area contributed by atoms with Crippen LogP contribution in [0.5, 0.6) is 0 Å². The second-order valence-corrected chi connectivity index (χ2v) is 7.70. The van der Waals surface area contributed by atoms with Crippen LogP contribution in [0.2, 0.25) is 5.02 Å². The summed E-state index contributed by atoms with van der Waals surface area (Å²) in [5, 5.41) is 3.83. The molecule has 5 heteroatoms. The molecule has 1 aromatic carbocycles. The third-order valence-corrected chi connectivity index (χ3v) is 5.89. The van der Waals surface area contributed by atoms with Crippen molar-refractivity contribution >= 4 is 17.5 Å². The number of hydrogen-bond donors (Lipinski definition) is 1. The largest absolute Gasteiger partial charge is 0.342 e. The molecule has 3 fully saturated rings. The average Bonchev–Trinajstić information content (AvgIpc) is 3.33. The molecule has 1 spiro atoms. The first-order chi connectivity index (χ1) is 11.2. The first-order valence-corrected chi connectivity index (χ1v) is 9.04. The number of carbonyl (C=O) groups is 1. The number of benzene rings is 1. The van der Waals surface area contributed by atoms with E-state index in [4.69, 9.17) is 11.6 Å². The van der Waals surface area contributed by atoms with Crippen molar-refractivity contribution in [3.05, 3.63) is 34.9 Å². The minimum absolute atomic E-state index is 0.220. The number of likely N-dealkylation sites (tertiary alicyclic amines) is 1. The molecule has 2 heterocycles. The lowest BCUT2D eigenvalue weighted by Crippen LogP contribution is -2.56. The summed E-state index contributed by atoms with van der Waals surface area (Å²) in [4.78, 5) is 17.4. The summed E-state index contributed by atoms with van der Waals surface area (Å²) in [7, 11) is 0. The number of nitrogens with one attached hydrogen (secondary N) is 1. The molecule has 2 aliphatic heterocycles. The fourth-order valence-corrected chi connectivity index (χ4v) is 4.08. The van der Waals surface area contributed by atoms with Crippen LogP contribution in [0.25, 0.3) is 0 Å². The van der Waals surface area contributed by atoms with Gasteiger partial charge in [-0.2, -0.15) is 0 Å². The van der Waals surface area contributed by atoms with E-state index >= 15 is 0 Å². The average molecular weight is 334 g/mol. The molecule has 1 amide bonds. The fraction of sp³-hybridized carbons (Fsp3) is 0.611. The van der Waals surface area contributed by atoms with Crippen molar-refractivity contribution in [3.8, 4) is 0 Å². The van der Waals surface area contributed by atoms with Crippen molar-refractivity contribution in [1.82, 2.24) is 15.1 Å². The predicted molar refractivity (Wildman–Crippen MR) is 91.1 cm³/mol. The van der Waals surface area contributed by atoms with Gasteiger partial charge in [-0.05, 0) is 49.3 Å². The Hall–Kier alpha value is -1.10. The molecule has 23 heavy (non-hydrogen) atoms. The summed E-state index contributed by atoms with van der Waals surface area (Å²) < 4.78 is 0. The van der Waals surface area contributed by atoms with Crippen LogP contribution in [0.1, 0.15) is 31.2 Å². The van der Waals surface area contributed by atoms with Crippen molar-refractivity contribution in [2.75, 3.05) is 26.3 Å². The van der Waals surface area contributed by atoms with Gasteiger partial charge in [0.2, 0.25) is 5.91 Å². The Bertz CT molecular complexity index is 576. The molecule has 1 aliphatic carbocycles. The molecule has 2 saturated heterocycles. The van der Waals surface area contributed by atoms with Crippen LogP contribution >= 0.6 is 11.6 Å². The highest BCUT2D eigenvalue weighted by molar-refractivity contribution is 6.30. The van der Waals surface area contributed by atoms with Gasteiger partial charge in [-0.15, -0.1) is 0 Å². The van der Waals surface area contributed by atoms with Gasteiger partial charge in [-0.25, -0.2) is 0 Å². The van der Waals surface area contributed by atoms with Gasteiger partial charge in [0.05, 0.1) is 6.67 Å². The SMILES string of the molecule is O=C1NCN(Cc2ccc(Cl)cc2)C12CCN(CC1CC1)CC2. The third kappa shape index (κ3) is 3.12. The standard InChI is InChI=1S/C18H24ClN3O/c19-16-5-3-15(4-6-16)12-22-13-20-17(23)18(22)7-9-21(10-8-18)11-14-1-2-14/h3-6,14H,1-2,7-13H2,(H,20,23). The number of hydrogen-bond acceptors (Lipinski definition) is 3. The van der Waals surface area contributed by atoms with Crippen molar-refractivity contribution in [1.29, 1.82) is 0 Å². The van der Waals surface area contributed by atoms with E-state index in [1.165, 1.54) is 24.9 Å². The maximum atomic E-state index is 12.6. The van der Waals surface area contributed by atoms with Crippen LogP contribution in [0.3, 0.4) is 0 Å². The normalized spacial score (nSPS) is 25.0. The molecule has 0 aromatic heterocycles. The zero-order chi connectivity index (χ0) is 15.9. The topological polar surface area (TPSA) is 35.6 Å². The Morgan fingerprint density at radius 1 is 1.17 bits per heavy atom. The number of rotatable bonds is 4. The number of halogens is 1. The quantitative estimate of drug-likeness (QED) is 0.919. The van der Waals surface area contributed by atoms with E-state index in [0.29, 0.717) is 6.67 Å². The Labute approximate surface area is 142 Å². The molecule has 4 nitrogen and oxygen atoms in total. The van der Waals surface area contributed by atoms with Crippen LogP contribution in [0.4, 0.5) is 0 Å². The molecular weight excluding hydrogens is 310 g/mol. The fourth-order valence-electron chi connectivity index (χ4n) is 3.96. The Morgan fingerprint density at radius 2 is 1.87 bits per heavy atom. The van der Waals surface area contributed by atoms with E-state index in [2.05, 4.69) is 27.2 Å². The maximum absolute atomic E-state index is 12.6. The number of carbonyl (C=O) groups excluding carboxylic acids is 1. The van der Waals surface area contributed by atoms with Crippen LogP contribution in [-0.2, 0) is 11.3 Å². The third-order valence-electron chi connectivity index (χ3n) is 5.64.